The van der Waals surface area contributed by atoms with Crippen LogP contribution in [-0.2, 0) is 20.7 Å². The molecule has 1 aromatic rings. The summed E-state index contributed by atoms with van der Waals surface area (Å²) in [7, 11) is 0. The van der Waals surface area contributed by atoms with Gasteiger partial charge in [-0.25, -0.2) is 0 Å². The maximum absolute atomic E-state index is 11.6. The van der Waals surface area contributed by atoms with Crippen LogP contribution in [-0.4, -0.2) is 18.4 Å². The van der Waals surface area contributed by atoms with E-state index in [1.54, 1.807) is 19.1 Å². The summed E-state index contributed by atoms with van der Waals surface area (Å²) < 4.78 is 4.76. The van der Waals surface area contributed by atoms with Crippen LogP contribution in [0.3, 0.4) is 0 Å². The van der Waals surface area contributed by atoms with Crippen molar-refractivity contribution in [3.05, 3.63) is 34.9 Å². The second kappa shape index (κ2) is 7.88. The van der Waals surface area contributed by atoms with Gasteiger partial charge in [-0.05, 0) is 31.0 Å². The van der Waals surface area contributed by atoms with Gasteiger partial charge in [-0.15, -0.1) is 0 Å². The number of halogens is 1. The van der Waals surface area contributed by atoms with E-state index in [1.807, 2.05) is 12.1 Å². The van der Waals surface area contributed by atoms with Gasteiger partial charge in [0.15, 0.2) is 0 Å². The van der Waals surface area contributed by atoms with Crippen molar-refractivity contribution in [2.75, 3.05) is 6.61 Å². The van der Waals surface area contributed by atoms with Crippen LogP contribution < -0.4 is 0 Å². The average Bonchev–Trinajstić information content (AvgIpc) is 2.36. The number of carbonyl (C=O) groups excluding carboxylic acids is 2. The topological polar surface area (TPSA) is 43.4 Å². The zero-order chi connectivity index (χ0) is 13.4. The molecule has 0 atom stereocenters. The molecule has 0 fully saturated rings. The summed E-state index contributed by atoms with van der Waals surface area (Å²) in [6, 6.07) is 7.42. The van der Waals surface area contributed by atoms with Gasteiger partial charge in [-0.1, -0.05) is 23.7 Å². The molecule has 1 aromatic carbocycles. The quantitative estimate of drug-likeness (QED) is 0.714. The number of hydrogen-bond donors (Lipinski definition) is 0. The standard InChI is InChI=1S/C14H17ClO3/c1-2-18-14(17)10-9-13(16)8-5-11-3-6-12(15)7-4-11/h3-4,6-7H,2,5,8-10H2,1H3. The molecular formula is C14H17ClO3. The third kappa shape index (κ3) is 5.82. The van der Waals surface area contributed by atoms with E-state index in [-0.39, 0.29) is 24.6 Å². The van der Waals surface area contributed by atoms with E-state index in [0.717, 1.165) is 5.56 Å². The monoisotopic (exact) mass is 268 g/mol. The van der Waals surface area contributed by atoms with Gasteiger partial charge in [0.05, 0.1) is 13.0 Å². The molecule has 0 saturated carbocycles. The molecule has 0 aromatic heterocycles. The predicted octanol–water partition coefficient (Wildman–Crippen LogP) is 3.19. The van der Waals surface area contributed by atoms with Crippen molar-refractivity contribution < 1.29 is 14.3 Å². The Balaban J connectivity index is 2.24. The first-order valence-corrected chi connectivity index (χ1v) is 6.41. The van der Waals surface area contributed by atoms with Gasteiger partial charge < -0.3 is 4.74 Å². The predicted molar refractivity (Wildman–Crippen MR) is 70.6 cm³/mol. The molecule has 98 valence electrons. The minimum Gasteiger partial charge on any atom is -0.466 e. The van der Waals surface area contributed by atoms with Crippen LogP contribution in [0.1, 0.15) is 31.7 Å². The first kappa shape index (κ1) is 14.7. The summed E-state index contributed by atoms with van der Waals surface area (Å²) in [5, 5.41) is 0.687. The van der Waals surface area contributed by atoms with Crippen LogP contribution in [0.4, 0.5) is 0 Å². The smallest absolute Gasteiger partial charge is 0.306 e. The Morgan fingerprint density at radius 3 is 2.39 bits per heavy atom. The molecule has 0 aliphatic carbocycles. The molecule has 0 aliphatic rings. The lowest BCUT2D eigenvalue weighted by Crippen LogP contribution is -2.08. The van der Waals surface area contributed by atoms with Gasteiger partial charge in [0, 0.05) is 17.9 Å². The lowest BCUT2D eigenvalue weighted by atomic mass is 10.1. The highest BCUT2D eigenvalue weighted by Crippen LogP contribution is 2.11. The van der Waals surface area contributed by atoms with Crippen molar-refractivity contribution in [3.63, 3.8) is 0 Å². The van der Waals surface area contributed by atoms with Crippen LogP contribution in [0.5, 0.6) is 0 Å². The van der Waals surface area contributed by atoms with Gasteiger partial charge in [0.2, 0.25) is 0 Å². The van der Waals surface area contributed by atoms with Crippen LogP contribution in [0.2, 0.25) is 5.02 Å². The lowest BCUT2D eigenvalue weighted by Gasteiger charge is -2.02. The van der Waals surface area contributed by atoms with Gasteiger partial charge in [-0.2, -0.15) is 0 Å². The molecule has 0 radical (unpaired) electrons. The number of benzene rings is 1. The molecule has 0 aliphatic heterocycles. The van der Waals surface area contributed by atoms with Crippen LogP contribution in [0.25, 0.3) is 0 Å². The zero-order valence-corrected chi connectivity index (χ0v) is 11.2. The first-order chi connectivity index (χ1) is 8.61. The third-order valence-electron chi connectivity index (χ3n) is 2.52. The van der Waals surface area contributed by atoms with Crippen LogP contribution in [0.15, 0.2) is 24.3 Å². The van der Waals surface area contributed by atoms with Crippen molar-refractivity contribution in [2.45, 2.75) is 32.6 Å². The highest BCUT2D eigenvalue weighted by atomic mass is 35.5. The third-order valence-corrected chi connectivity index (χ3v) is 2.77. The molecular weight excluding hydrogens is 252 g/mol. The molecule has 0 saturated heterocycles. The van der Waals surface area contributed by atoms with E-state index in [1.165, 1.54) is 0 Å². The fourth-order valence-electron chi connectivity index (χ4n) is 1.53. The Kier molecular flexibility index (Phi) is 6.44. The fraction of sp³-hybridized carbons (Fsp3) is 0.429. The largest absolute Gasteiger partial charge is 0.466 e. The van der Waals surface area contributed by atoms with Crippen molar-refractivity contribution in [1.29, 1.82) is 0 Å². The maximum atomic E-state index is 11.6. The van der Waals surface area contributed by atoms with Gasteiger partial charge in [0.25, 0.3) is 0 Å². The minimum atomic E-state index is -0.308. The van der Waals surface area contributed by atoms with Crippen molar-refractivity contribution in [1.82, 2.24) is 0 Å². The summed E-state index contributed by atoms with van der Waals surface area (Å²) in [5.74, 6) is -0.227. The second-order valence-corrected chi connectivity index (χ2v) is 4.41. The van der Waals surface area contributed by atoms with E-state index in [4.69, 9.17) is 16.3 Å². The Morgan fingerprint density at radius 1 is 1.11 bits per heavy atom. The Morgan fingerprint density at radius 2 is 1.78 bits per heavy atom. The van der Waals surface area contributed by atoms with E-state index >= 15 is 0 Å². The molecule has 0 bridgehead atoms. The summed E-state index contributed by atoms with van der Waals surface area (Å²) >= 11 is 5.77. The number of rotatable bonds is 7. The summed E-state index contributed by atoms with van der Waals surface area (Å²) in [6.45, 7) is 2.11. The average molecular weight is 269 g/mol. The molecule has 0 unspecified atom stereocenters. The molecule has 1 rings (SSSR count). The fourth-order valence-corrected chi connectivity index (χ4v) is 1.66. The SMILES string of the molecule is CCOC(=O)CCC(=O)CCc1ccc(Cl)cc1. The van der Waals surface area contributed by atoms with Crippen molar-refractivity contribution in [2.24, 2.45) is 0 Å². The molecule has 3 nitrogen and oxygen atoms in total. The lowest BCUT2D eigenvalue weighted by molar-refractivity contribution is -0.144. The van der Waals surface area contributed by atoms with E-state index in [9.17, 15) is 9.59 Å². The number of ether oxygens (including phenoxy) is 1. The van der Waals surface area contributed by atoms with E-state index in [2.05, 4.69) is 0 Å². The summed E-state index contributed by atoms with van der Waals surface area (Å²) in [6.07, 6.45) is 1.56. The van der Waals surface area contributed by atoms with Crippen LogP contribution in [0, 0.1) is 0 Å². The second-order valence-electron chi connectivity index (χ2n) is 3.97. The molecule has 0 N–H and O–H groups in total. The molecule has 4 heteroatoms. The number of carbonyl (C=O) groups is 2. The normalized spacial score (nSPS) is 10.1. The Labute approximate surface area is 112 Å². The number of hydrogen-bond acceptors (Lipinski definition) is 3. The molecule has 0 heterocycles. The number of ketones is 1. The van der Waals surface area contributed by atoms with E-state index < -0.39 is 0 Å². The molecule has 18 heavy (non-hydrogen) atoms. The zero-order valence-electron chi connectivity index (χ0n) is 10.4. The highest BCUT2D eigenvalue weighted by molar-refractivity contribution is 6.30. The molecule has 0 spiro atoms. The highest BCUT2D eigenvalue weighted by Gasteiger charge is 2.07. The summed E-state index contributed by atoms with van der Waals surface area (Å²) in [5.41, 5.74) is 1.07. The number of aryl methyl sites for hydroxylation is 1. The maximum Gasteiger partial charge on any atom is 0.306 e. The number of esters is 1. The van der Waals surface area contributed by atoms with Gasteiger partial charge in [-0.3, -0.25) is 9.59 Å². The van der Waals surface area contributed by atoms with Gasteiger partial charge in [0.1, 0.15) is 5.78 Å². The molecule has 0 amide bonds. The Bertz CT molecular complexity index is 398. The van der Waals surface area contributed by atoms with Crippen molar-refractivity contribution >= 4 is 23.4 Å². The van der Waals surface area contributed by atoms with Gasteiger partial charge >= 0.3 is 5.97 Å². The van der Waals surface area contributed by atoms with Crippen molar-refractivity contribution in [3.8, 4) is 0 Å². The van der Waals surface area contributed by atoms with E-state index in [0.29, 0.717) is 24.5 Å². The van der Waals surface area contributed by atoms with Crippen LogP contribution >= 0.6 is 11.6 Å². The first-order valence-electron chi connectivity index (χ1n) is 6.03. The summed E-state index contributed by atoms with van der Waals surface area (Å²) in [4.78, 5) is 22.6. The number of Topliss-reactive ketones (excluding diaryl/α,β-unsaturated/α-hetero) is 1. The minimum absolute atomic E-state index is 0.0815. The Hall–Kier alpha value is -1.35.